The molecule has 2 saturated carbocycles. The summed E-state index contributed by atoms with van der Waals surface area (Å²) in [5, 5.41) is 9.85. The standard InChI is InChI=1S/C15H14O14/c16-10(17)9-8-4-13-12(19)24-23-11(18)5-1-6(20-22-8)3-7(2-5)21-26-14(9)15(13,28-25-13)29-27-14/h5-9H,1-4H2,(H,16,17). The van der Waals surface area contributed by atoms with Crippen molar-refractivity contribution >= 4 is 17.9 Å². The van der Waals surface area contributed by atoms with Crippen molar-refractivity contribution < 1.29 is 68.4 Å². The zero-order valence-electron chi connectivity index (χ0n) is 14.5. The summed E-state index contributed by atoms with van der Waals surface area (Å²) in [6.45, 7) is 0. The number of carbonyl (C=O) groups excluding carboxylic acids is 2. The van der Waals surface area contributed by atoms with Gasteiger partial charge in [-0.15, -0.1) is 0 Å². The van der Waals surface area contributed by atoms with E-state index in [9.17, 15) is 19.5 Å². The Morgan fingerprint density at radius 1 is 0.897 bits per heavy atom. The van der Waals surface area contributed by atoms with E-state index in [1.807, 2.05) is 0 Å². The third-order valence-corrected chi connectivity index (χ3v) is 6.22. The Morgan fingerprint density at radius 2 is 1.66 bits per heavy atom. The van der Waals surface area contributed by atoms with Crippen molar-refractivity contribution in [3.63, 3.8) is 0 Å². The molecule has 14 heteroatoms. The minimum atomic E-state index is -2.29. The largest absolute Gasteiger partial charge is 0.481 e. The highest BCUT2D eigenvalue weighted by Crippen LogP contribution is 2.66. The number of hydrogen-bond donors (Lipinski definition) is 1. The molecule has 0 amide bonds. The van der Waals surface area contributed by atoms with Gasteiger partial charge in [0.15, 0.2) is 5.92 Å². The smallest absolute Gasteiger partial charge is 0.396 e. The topological polar surface area (TPSA) is 164 Å². The fourth-order valence-electron chi connectivity index (χ4n) is 4.76. The number of rotatable bonds is 1. The summed E-state index contributed by atoms with van der Waals surface area (Å²) in [5.41, 5.74) is -2.13. The summed E-state index contributed by atoms with van der Waals surface area (Å²) in [6.07, 6.45) is -2.53. The van der Waals surface area contributed by atoms with Crippen LogP contribution in [0.15, 0.2) is 0 Å². The summed E-state index contributed by atoms with van der Waals surface area (Å²) in [5.74, 6) is -10.3. The highest BCUT2D eigenvalue weighted by molar-refractivity contribution is 5.85. The molecule has 29 heavy (non-hydrogen) atoms. The van der Waals surface area contributed by atoms with Crippen LogP contribution in [0.2, 0.25) is 0 Å². The second kappa shape index (κ2) is 5.61. The maximum absolute atomic E-state index is 12.8. The summed E-state index contributed by atoms with van der Waals surface area (Å²) >= 11 is 0. The molecule has 1 N–H and O–H groups in total. The second-order valence-corrected chi connectivity index (χ2v) is 7.80. The molecule has 158 valence electrons. The van der Waals surface area contributed by atoms with E-state index in [1.54, 1.807) is 0 Å². The highest BCUT2D eigenvalue weighted by atomic mass is 17.4. The van der Waals surface area contributed by atoms with Crippen LogP contribution in [0.25, 0.3) is 0 Å². The quantitative estimate of drug-likeness (QED) is 0.514. The Kier molecular flexibility index (Phi) is 3.47. The number of carboxylic acid groups (broad SMARTS) is 1. The zero-order chi connectivity index (χ0) is 20.0. The van der Waals surface area contributed by atoms with E-state index in [0.717, 1.165) is 0 Å². The minimum absolute atomic E-state index is 0.129. The molecule has 5 saturated heterocycles. The average molecular weight is 418 g/mol. The molecule has 6 bridgehead atoms. The molecule has 0 radical (unpaired) electrons. The van der Waals surface area contributed by atoms with Crippen LogP contribution >= 0.6 is 0 Å². The van der Waals surface area contributed by atoms with Crippen LogP contribution in [0.5, 0.6) is 0 Å². The van der Waals surface area contributed by atoms with E-state index in [1.165, 1.54) is 0 Å². The first-order valence-electron chi connectivity index (χ1n) is 8.97. The van der Waals surface area contributed by atoms with Crippen molar-refractivity contribution in [2.45, 2.75) is 61.2 Å². The number of aliphatic carboxylic acids is 1. The molecule has 7 aliphatic rings. The first kappa shape index (κ1) is 17.9. The molecule has 7 rings (SSSR count). The van der Waals surface area contributed by atoms with Gasteiger partial charge in [-0.3, -0.25) is 4.79 Å². The second-order valence-electron chi connectivity index (χ2n) is 7.80. The lowest BCUT2D eigenvalue weighted by Crippen LogP contribution is -2.93. The molecule has 0 aromatic rings. The fourth-order valence-corrected chi connectivity index (χ4v) is 4.76. The van der Waals surface area contributed by atoms with Gasteiger partial charge in [-0.25, -0.2) is 38.9 Å². The summed E-state index contributed by atoms with van der Waals surface area (Å²) in [4.78, 5) is 88.5. The van der Waals surface area contributed by atoms with E-state index >= 15 is 0 Å². The fraction of sp³-hybridized carbons (Fsp3) is 0.800. The monoisotopic (exact) mass is 418 g/mol. The van der Waals surface area contributed by atoms with Gasteiger partial charge in [-0.1, -0.05) is 0 Å². The molecule has 7 fully saturated rings. The Hall–Kier alpha value is -1.91. The number of carbonyl (C=O) groups is 3. The van der Waals surface area contributed by atoms with E-state index < -0.39 is 71.7 Å². The number of carboxylic acids is 1. The first-order valence-corrected chi connectivity index (χ1v) is 8.97. The van der Waals surface area contributed by atoms with Gasteiger partial charge in [-0.05, 0) is 12.8 Å². The molecule has 3 spiro atoms. The summed E-state index contributed by atoms with van der Waals surface area (Å²) < 4.78 is 0. The van der Waals surface area contributed by atoms with Crippen molar-refractivity contribution in [2.24, 2.45) is 11.8 Å². The van der Waals surface area contributed by atoms with E-state index in [2.05, 4.69) is 0 Å². The number of hydrogen-bond acceptors (Lipinski definition) is 13. The van der Waals surface area contributed by atoms with Gasteiger partial charge in [-0.2, -0.15) is 19.6 Å². The van der Waals surface area contributed by atoms with Crippen LogP contribution in [0.3, 0.4) is 0 Å². The average Bonchev–Trinajstić information content (AvgIpc) is 2.66. The molecular formula is C15H14O14. The van der Waals surface area contributed by atoms with Crippen LogP contribution in [0.1, 0.15) is 25.7 Å². The highest BCUT2D eigenvalue weighted by Gasteiger charge is 2.95. The van der Waals surface area contributed by atoms with E-state index in [-0.39, 0.29) is 19.3 Å². The molecule has 0 aromatic carbocycles. The minimum Gasteiger partial charge on any atom is -0.481 e. The molecule has 14 nitrogen and oxygen atoms in total. The molecule has 5 aliphatic heterocycles. The van der Waals surface area contributed by atoms with Gasteiger partial charge in [0.25, 0.3) is 5.60 Å². The molecule has 2 aliphatic carbocycles. The predicted octanol–water partition coefficient (Wildman–Crippen LogP) is -1.02. The van der Waals surface area contributed by atoms with Gasteiger partial charge in [0.1, 0.15) is 6.10 Å². The Balaban J connectivity index is 1.51. The first-order chi connectivity index (χ1) is 13.9. The molecule has 5 heterocycles. The Bertz CT molecular complexity index is 796. The third-order valence-electron chi connectivity index (χ3n) is 6.22. The van der Waals surface area contributed by atoms with Gasteiger partial charge in [0, 0.05) is 12.8 Å². The number of fused-ring (bicyclic) bond motifs is 5. The SMILES string of the molecule is O=C1OOC(=O)C23CC4OOC5CC(CC1C5)OOC1(OOC21OO3)C4C(=O)O. The van der Waals surface area contributed by atoms with Crippen molar-refractivity contribution in [3.05, 3.63) is 0 Å². The maximum Gasteiger partial charge on any atom is 0.396 e. The lowest BCUT2D eigenvalue weighted by Gasteiger charge is -2.67. The Labute approximate surface area is 160 Å². The lowest BCUT2D eigenvalue weighted by molar-refractivity contribution is -0.811. The van der Waals surface area contributed by atoms with Crippen molar-refractivity contribution in [1.29, 1.82) is 0 Å². The lowest BCUT2D eigenvalue weighted by atomic mass is 9.65. The van der Waals surface area contributed by atoms with Gasteiger partial charge >= 0.3 is 29.5 Å². The van der Waals surface area contributed by atoms with Crippen LogP contribution in [-0.4, -0.2) is 58.5 Å². The van der Waals surface area contributed by atoms with Crippen LogP contribution < -0.4 is 0 Å². The molecule has 8 unspecified atom stereocenters. The molecule has 0 aromatic heterocycles. The zero-order valence-corrected chi connectivity index (χ0v) is 14.5. The van der Waals surface area contributed by atoms with Gasteiger partial charge < -0.3 is 5.11 Å². The molecule has 8 atom stereocenters. The van der Waals surface area contributed by atoms with E-state index in [0.29, 0.717) is 0 Å². The Morgan fingerprint density at radius 3 is 2.31 bits per heavy atom. The normalized spacial score (nSPS) is 52.9. The summed E-state index contributed by atoms with van der Waals surface area (Å²) in [7, 11) is 0. The van der Waals surface area contributed by atoms with Gasteiger partial charge in [0.2, 0.25) is 0 Å². The van der Waals surface area contributed by atoms with Crippen LogP contribution in [-0.2, 0) is 63.3 Å². The van der Waals surface area contributed by atoms with Crippen molar-refractivity contribution in [3.8, 4) is 0 Å². The summed E-state index contributed by atoms with van der Waals surface area (Å²) in [6, 6.07) is 0. The van der Waals surface area contributed by atoms with Crippen LogP contribution in [0, 0.1) is 11.8 Å². The third kappa shape index (κ3) is 2.00. The van der Waals surface area contributed by atoms with Crippen molar-refractivity contribution in [2.75, 3.05) is 0 Å². The predicted molar refractivity (Wildman–Crippen MR) is 73.5 cm³/mol. The van der Waals surface area contributed by atoms with Crippen LogP contribution in [0.4, 0.5) is 0 Å². The maximum atomic E-state index is 12.8. The van der Waals surface area contributed by atoms with Crippen molar-refractivity contribution in [1.82, 2.24) is 0 Å². The van der Waals surface area contributed by atoms with E-state index in [4.69, 9.17) is 48.9 Å². The molecular weight excluding hydrogens is 404 g/mol. The van der Waals surface area contributed by atoms with Gasteiger partial charge in [0.05, 0.1) is 18.1 Å².